The van der Waals surface area contributed by atoms with Gasteiger partial charge >= 0.3 is 5.97 Å². The van der Waals surface area contributed by atoms with Crippen molar-refractivity contribution in [3.05, 3.63) is 12.2 Å². The molecular weight excluding hydrogens is 120 g/mol. The Morgan fingerprint density at radius 3 is 2.44 bits per heavy atom. The Balaban J connectivity index is 2.77. The van der Waals surface area contributed by atoms with E-state index < -0.39 is 18.2 Å². The predicted molar refractivity (Wildman–Crippen MR) is 30.7 cm³/mol. The molecule has 0 bridgehead atoms. The van der Waals surface area contributed by atoms with Crippen molar-refractivity contribution in [1.29, 1.82) is 0 Å². The molecule has 0 unspecified atom stereocenters. The van der Waals surface area contributed by atoms with Crippen LogP contribution in [0.15, 0.2) is 12.2 Å². The zero-order chi connectivity index (χ0) is 7.02. The summed E-state index contributed by atoms with van der Waals surface area (Å²) in [5.41, 5.74) is 0.155. The van der Waals surface area contributed by atoms with Gasteiger partial charge in [0.05, 0.1) is 5.57 Å². The van der Waals surface area contributed by atoms with Gasteiger partial charge in [0, 0.05) is 0 Å². The number of esters is 1. The second-order valence-corrected chi connectivity index (χ2v) is 2.08. The van der Waals surface area contributed by atoms with Gasteiger partial charge in [-0.2, -0.15) is 0 Å². The molecule has 1 aliphatic rings. The van der Waals surface area contributed by atoms with Crippen LogP contribution in [0.25, 0.3) is 0 Å². The minimum Gasteiger partial charge on any atom is -0.456 e. The third kappa shape index (κ3) is 0.833. The zero-order valence-corrected chi connectivity index (χ0v) is 5.13. The van der Waals surface area contributed by atoms with E-state index in [0.29, 0.717) is 0 Å². The Morgan fingerprint density at radius 1 is 1.78 bits per heavy atom. The molecule has 1 heterocycles. The van der Waals surface area contributed by atoms with Crippen LogP contribution in [0, 0.1) is 0 Å². The highest BCUT2D eigenvalue weighted by Gasteiger charge is 2.33. The second-order valence-electron chi connectivity index (χ2n) is 2.08. The Bertz CT molecular complexity index is 162. The van der Waals surface area contributed by atoms with Crippen molar-refractivity contribution in [1.82, 2.24) is 0 Å². The number of aliphatic hydroxyl groups is 1. The first-order valence-electron chi connectivity index (χ1n) is 2.71. The molecule has 0 aromatic heterocycles. The van der Waals surface area contributed by atoms with Gasteiger partial charge in [0.15, 0.2) is 0 Å². The van der Waals surface area contributed by atoms with Gasteiger partial charge in [-0.3, -0.25) is 0 Å². The number of carbonyl (C=O) groups excluding carboxylic acids is 1. The molecule has 0 aliphatic carbocycles. The Hall–Kier alpha value is -0.830. The van der Waals surface area contributed by atoms with Gasteiger partial charge in [0.1, 0.15) is 12.2 Å². The summed E-state index contributed by atoms with van der Waals surface area (Å²) in [4.78, 5) is 10.5. The molecule has 0 amide bonds. The number of ether oxygens (including phenoxy) is 1. The van der Waals surface area contributed by atoms with Crippen LogP contribution in [0.4, 0.5) is 0 Å². The lowest BCUT2D eigenvalue weighted by Crippen LogP contribution is -2.16. The van der Waals surface area contributed by atoms with Gasteiger partial charge in [-0.1, -0.05) is 6.58 Å². The molecule has 1 rings (SSSR count). The molecule has 3 nitrogen and oxygen atoms in total. The number of hydrogen-bond donors (Lipinski definition) is 1. The second kappa shape index (κ2) is 1.84. The molecule has 1 N–H and O–H groups in total. The maximum Gasteiger partial charge on any atom is 0.336 e. The number of cyclic esters (lactones) is 1. The highest BCUT2D eigenvalue weighted by Crippen LogP contribution is 2.18. The molecule has 0 aromatic rings. The van der Waals surface area contributed by atoms with Crippen LogP contribution >= 0.6 is 0 Å². The lowest BCUT2D eigenvalue weighted by atomic mass is 10.1. The number of carbonyl (C=O) groups is 1. The number of aliphatic hydroxyl groups excluding tert-OH is 1. The van der Waals surface area contributed by atoms with Crippen molar-refractivity contribution >= 4 is 5.97 Å². The minimum absolute atomic E-state index is 0.155. The molecule has 9 heavy (non-hydrogen) atoms. The van der Waals surface area contributed by atoms with Crippen molar-refractivity contribution in [3.8, 4) is 0 Å². The molecule has 0 aromatic carbocycles. The van der Waals surface area contributed by atoms with Crippen molar-refractivity contribution in [3.63, 3.8) is 0 Å². The first-order chi connectivity index (χ1) is 4.13. The van der Waals surface area contributed by atoms with Crippen LogP contribution in [0.2, 0.25) is 0 Å². The highest BCUT2D eigenvalue weighted by molar-refractivity contribution is 5.91. The minimum atomic E-state index is -0.808. The van der Waals surface area contributed by atoms with Gasteiger partial charge in [-0.05, 0) is 6.92 Å². The van der Waals surface area contributed by atoms with Crippen LogP contribution in [0.3, 0.4) is 0 Å². The standard InChI is InChI=1S/C6H8O3/c1-3-5(7)4(2)9-6(3)8/h4-5,7H,1H2,2H3/t4-,5+/m1/s1. The van der Waals surface area contributed by atoms with Crippen LogP contribution in [0.1, 0.15) is 6.92 Å². The number of rotatable bonds is 0. The van der Waals surface area contributed by atoms with Gasteiger partial charge in [0.25, 0.3) is 0 Å². The summed E-state index contributed by atoms with van der Waals surface area (Å²) in [7, 11) is 0. The summed E-state index contributed by atoms with van der Waals surface area (Å²) in [5.74, 6) is -0.491. The molecule has 0 spiro atoms. The van der Waals surface area contributed by atoms with Crippen LogP contribution < -0.4 is 0 Å². The summed E-state index contributed by atoms with van der Waals surface area (Å²) < 4.78 is 4.60. The molecule has 2 atom stereocenters. The van der Waals surface area contributed by atoms with E-state index >= 15 is 0 Å². The molecule has 1 fully saturated rings. The topological polar surface area (TPSA) is 46.5 Å². The molecular formula is C6H8O3. The maximum absolute atomic E-state index is 10.5. The number of hydrogen-bond acceptors (Lipinski definition) is 3. The predicted octanol–water partition coefficient (Wildman–Crippen LogP) is -0.151. The zero-order valence-electron chi connectivity index (χ0n) is 5.13. The summed E-state index contributed by atoms with van der Waals surface area (Å²) in [6, 6.07) is 0. The van der Waals surface area contributed by atoms with Gasteiger partial charge in [0.2, 0.25) is 0 Å². The lowest BCUT2D eigenvalue weighted by molar-refractivity contribution is -0.138. The lowest BCUT2D eigenvalue weighted by Gasteiger charge is -2.03. The average Bonchev–Trinajstić information content (AvgIpc) is 1.98. The van der Waals surface area contributed by atoms with E-state index in [4.69, 9.17) is 5.11 Å². The van der Waals surface area contributed by atoms with E-state index in [1.807, 2.05) is 0 Å². The quantitative estimate of drug-likeness (QED) is 0.364. The van der Waals surface area contributed by atoms with Gasteiger partial charge in [-0.15, -0.1) is 0 Å². The van der Waals surface area contributed by atoms with Gasteiger partial charge < -0.3 is 9.84 Å². The maximum atomic E-state index is 10.5. The van der Waals surface area contributed by atoms with Crippen LogP contribution in [0.5, 0.6) is 0 Å². The Morgan fingerprint density at radius 2 is 2.33 bits per heavy atom. The van der Waals surface area contributed by atoms with E-state index in [9.17, 15) is 4.79 Å². The van der Waals surface area contributed by atoms with Crippen LogP contribution in [-0.2, 0) is 9.53 Å². The van der Waals surface area contributed by atoms with E-state index in [1.165, 1.54) is 0 Å². The van der Waals surface area contributed by atoms with Crippen molar-refractivity contribution in [2.24, 2.45) is 0 Å². The smallest absolute Gasteiger partial charge is 0.336 e. The molecule has 1 saturated heterocycles. The summed E-state index contributed by atoms with van der Waals surface area (Å²) in [5, 5.41) is 8.99. The monoisotopic (exact) mass is 128 g/mol. The normalized spacial score (nSPS) is 34.9. The van der Waals surface area contributed by atoms with Crippen molar-refractivity contribution < 1.29 is 14.6 Å². The van der Waals surface area contributed by atoms with E-state index in [1.54, 1.807) is 6.92 Å². The SMILES string of the molecule is C=C1C(=O)O[C@H](C)[C@H]1O. The molecule has 1 aliphatic heterocycles. The van der Waals surface area contributed by atoms with Crippen molar-refractivity contribution in [2.75, 3.05) is 0 Å². The molecule has 50 valence electrons. The summed E-state index contributed by atoms with van der Waals surface area (Å²) in [6.45, 7) is 4.97. The Labute approximate surface area is 52.9 Å². The van der Waals surface area contributed by atoms with E-state index in [2.05, 4.69) is 11.3 Å². The summed E-state index contributed by atoms with van der Waals surface area (Å²) >= 11 is 0. The Kier molecular flexibility index (Phi) is 1.29. The third-order valence-electron chi connectivity index (χ3n) is 1.36. The van der Waals surface area contributed by atoms with E-state index in [0.717, 1.165) is 0 Å². The average molecular weight is 128 g/mol. The first-order valence-corrected chi connectivity index (χ1v) is 2.71. The fraction of sp³-hybridized carbons (Fsp3) is 0.500. The third-order valence-corrected chi connectivity index (χ3v) is 1.36. The molecule has 0 radical (unpaired) electrons. The highest BCUT2D eigenvalue weighted by atomic mass is 16.6. The largest absolute Gasteiger partial charge is 0.456 e. The molecule has 0 saturated carbocycles. The first kappa shape index (κ1) is 6.29. The van der Waals surface area contributed by atoms with Crippen LogP contribution in [-0.4, -0.2) is 23.3 Å². The van der Waals surface area contributed by atoms with E-state index in [-0.39, 0.29) is 5.57 Å². The van der Waals surface area contributed by atoms with Gasteiger partial charge in [-0.25, -0.2) is 4.79 Å². The molecule has 3 heteroatoms. The fourth-order valence-electron chi connectivity index (χ4n) is 0.713. The summed E-state index contributed by atoms with van der Waals surface area (Å²) in [6.07, 6.45) is -1.23. The van der Waals surface area contributed by atoms with Crippen molar-refractivity contribution in [2.45, 2.75) is 19.1 Å². The fourth-order valence-corrected chi connectivity index (χ4v) is 0.713.